The number of fused-ring (bicyclic) bond motifs is 3. The van der Waals surface area contributed by atoms with Crippen LogP contribution in [0.2, 0.25) is 0 Å². The molecule has 3 heterocycles. The van der Waals surface area contributed by atoms with Gasteiger partial charge in [-0.05, 0) is 37.1 Å². The van der Waals surface area contributed by atoms with Gasteiger partial charge in [0.2, 0.25) is 0 Å². The Morgan fingerprint density at radius 3 is 2.69 bits per heavy atom. The van der Waals surface area contributed by atoms with Gasteiger partial charge >= 0.3 is 0 Å². The molecule has 2 N–H and O–H groups in total. The van der Waals surface area contributed by atoms with E-state index in [0.717, 1.165) is 50.7 Å². The molecule has 7 heteroatoms. The number of pyridine rings is 1. The van der Waals surface area contributed by atoms with Crippen LogP contribution >= 0.6 is 11.3 Å². The number of nitrogens with one attached hydrogen (secondary N) is 2. The molecule has 1 unspecified atom stereocenters. The van der Waals surface area contributed by atoms with E-state index in [0.29, 0.717) is 0 Å². The van der Waals surface area contributed by atoms with E-state index < -0.39 is 0 Å². The van der Waals surface area contributed by atoms with Crippen LogP contribution in [0.4, 0.5) is 5.82 Å². The third kappa shape index (κ3) is 3.85. The van der Waals surface area contributed by atoms with Gasteiger partial charge in [-0.15, -0.1) is 0 Å². The molecular weight excluding hydrogens is 416 g/mol. The second-order valence-electron chi connectivity index (χ2n) is 7.97. The Kier molecular flexibility index (Phi) is 5.59. The average molecular weight is 443 g/mol. The van der Waals surface area contributed by atoms with Crippen LogP contribution in [-0.4, -0.2) is 33.1 Å². The van der Waals surface area contributed by atoms with Gasteiger partial charge in [-0.2, -0.15) is 0 Å². The van der Waals surface area contributed by atoms with Crippen molar-refractivity contribution >= 4 is 38.5 Å². The molecule has 5 rings (SSSR count). The molecule has 0 spiro atoms. The average Bonchev–Trinajstić information content (AvgIpc) is 3.43. The highest BCUT2D eigenvalue weighted by atomic mass is 32.1. The number of hydrogen-bond acceptors (Lipinski definition) is 6. The molecule has 0 aliphatic rings. The summed E-state index contributed by atoms with van der Waals surface area (Å²) in [5.74, 6) is 0.785. The molecular formula is C25H26N6S. The minimum Gasteiger partial charge on any atom is -0.371 e. The molecule has 3 aromatic heterocycles. The first-order valence-electron chi connectivity index (χ1n) is 10.8. The monoisotopic (exact) mass is 442 g/mol. The molecule has 5 aromatic rings. The highest BCUT2D eigenvalue weighted by molar-refractivity contribution is 7.21. The van der Waals surface area contributed by atoms with Crippen LogP contribution in [0.3, 0.4) is 0 Å². The Morgan fingerprint density at radius 2 is 1.88 bits per heavy atom. The Labute approximate surface area is 191 Å². The molecule has 0 amide bonds. The standard InChI is InChI=1S/C25H26N6S/c1-16(27-13-12-17-8-5-4-6-9-17)18-10-7-11-19(14-18)24-29-21-22-20(28-15-31(22)3)23(26-2)30-25(21)32-24/h4-11,14-16,27H,12-13H2,1-3H3,(H,26,30). The first kappa shape index (κ1) is 20.6. The van der Waals surface area contributed by atoms with E-state index >= 15 is 0 Å². The van der Waals surface area contributed by atoms with Crippen molar-refractivity contribution in [3.8, 4) is 10.6 Å². The number of anilines is 1. The number of thiazole rings is 1. The van der Waals surface area contributed by atoms with Gasteiger partial charge in [0.05, 0.1) is 6.33 Å². The summed E-state index contributed by atoms with van der Waals surface area (Å²) in [7, 11) is 3.87. The van der Waals surface area contributed by atoms with Gasteiger partial charge in [-0.25, -0.2) is 15.0 Å². The van der Waals surface area contributed by atoms with Crippen LogP contribution in [0.25, 0.3) is 32.0 Å². The van der Waals surface area contributed by atoms with Crippen molar-refractivity contribution in [2.75, 3.05) is 18.9 Å². The Hall–Kier alpha value is -3.29. The summed E-state index contributed by atoms with van der Waals surface area (Å²) in [5, 5.41) is 7.78. The fraction of sp³-hybridized carbons (Fsp3) is 0.240. The maximum Gasteiger partial charge on any atom is 0.155 e. The Balaban J connectivity index is 1.41. The molecule has 0 saturated heterocycles. The third-order valence-corrected chi connectivity index (χ3v) is 6.78. The third-order valence-electron chi connectivity index (χ3n) is 5.79. The zero-order valence-electron chi connectivity index (χ0n) is 18.5. The van der Waals surface area contributed by atoms with Gasteiger partial charge in [-0.1, -0.05) is 59.9 Å². The lowest BCUT2D eigenvalue weighted by molar-refractivity contribution is 0.577. The molecule has 2 aromatic carbocycles. The van der Waals surface area contributed by atoms with Crippen LogP contribution in [0.15, 0.2) is 60.9 Å². The maximum absolute atomic E-state index is 4.97. The number of rotatable bonds is 7. The summed E-state index contributed by atoms with van der Waals surface area (Å²) in [5.41, 5.74) is 6.48. The van der Waals surface area contributed by atoms with Crippen LogP contribution in [0, 0.1) is 0 Å². The van der Waals surface area contributed by atoms with Crippen molar-refractivity contribution in [3.63, 3.8) is 0 Å². The maximum atomic E-state index is 4.97. The minimum absolute atomic E-state index is 0.255. The summed E-state index contributed by atoms with van der Waals surface area (Å²) in [6.45, 7) is 3.15. The fourth-order valence-electron chi connectivity index (χ4n) is 4.01. The second kappa shape index (κ2) is 8.68. The predicted octanol–water partition coefficient (Wildman–Crippen LogP) is 5.18. The van der Waals surface area contributed by atoms with Crippen molar-refractivity contribution in [2.45, 2.75) is 19.4 Å². The van der Waals surface area contributed by atoms with Crippen LogP contribution in [-0.2, 0) is 13.5 Å². The van der Waals surface area contributed by atoms with Crippen molar-refractivity contribution in [2.24, 2.45) is 7.05 Å². The largest absolute Gasteiger partial charge is 0.371 e. The van der Waals surface area contributed by atoms with Crippen LogP contribution < -0.4 is 10.6 Å². The number of benzene rings is 2. The van der Waals surface area contributed by atoms with Crippen LogP contribution in [0.5, 0.6) is 0 Å². The molecule has 0 bridgehead atoms. The first-order chi connectivity index (χ1) is 15.6. The Bertz CT molecular complexity index is 1370. The molecule has 6 nitrogen and oxygen atoms in total. The SMILES string of the molecule is CNc1nc2sc(-c3cccc(C(C)NCCc4ccccc4)c3)nc2c2c1ncn2C. The van der Waals surface area contributed by atoms with Gasteiger partial charge in [-0.3, -0.25) is 0 Å². The predicted molar refractivity (Wildman–Crippen MR) is 133 cm³/mol. The fourth-order valence-corrected chi connectivity index (χ4v) is 4.95. The Morgan fingerprint density at radius 1 is 1.03 bits per heavy atom. The molecule has 0 fully saturated rings. The van der Waals surface area contributed by atoms with Crippen molar-refractivity contribution in [3.05, 3.63) is 72.1 Å². The summed E-state index contributed by atoms with van der Waals surface area (Å²) in [6.07, 6.45) is 2.83. The van der Waals surface area contributed by atoms with Crippen molar-refractivity contribution in [1.29, 1.82) is 0 Å². The number of hydrogen-bond donors (Lipinski definition) is 2. The summed E-state index contributed by atoms with van der Waals surface area (Å²) in [4.78, 5) is 15.2. The van der Waals surface area contributed by atoms with Gasteiger partial charge in [0.1, 0.15) is 26.4 Å². The smallest absolute Gasteiger partial charge is 0.155 e. The molecule has 162 valence electrons. The molecule has 32 heavy (non-hydrogen) atoms. The molecule has 0 aliphatic heterocycles. The lowest BCUT2D eigenvalue weighted by Gasteiger charge is -2.15. The van der Waals surface area contributed by atoms with Crippen LogP contribution in [0.1, 0.15) is 24.1 Å². The highest BCUT2D eigenvalue weighted by Crippen LogP contribution is 2.35. The number of aryl methyl sites for hydroxylation is 1. The van der Waals surface area contributed by atoms with E-state index in [9.17, 15) is 0 Å². The number of imidazole rings is 1. The van der Waals surface area contributed by atoms with E-state index in [4.69, 9.17) is 9.97 Å². The zero-order valence-corrected chi connectivity index (χ0v) is 19.3. The quantitative estimate of drug-likeness (QED) is 0.363. The summed E-state index contributed by atoms with van der Waals surface area (Å²) in [6, 6.07) is 19.5. The van der Waals surface area contributed by atoms with E-state index in [2.05, 4.69) is 77.1 Å². The van der Waals surface area contributed by atoms with Gasteiger partial charge < -0.3 is 15.2 Å². The summed E-state index contributed by atoms with van der Waals surface area (Å²) >= 11 is 1.62. The van der Waals surface area contributed by atoms with E-state index in [-0.39, 0.29) is 6.04 Å². The van der Waals surface area contributed by atoms with Crippen molar-refractivity contribution in [1.82, 2.24) is 24.8 Å². The normalized spacial score (nSPS) is 12.5. The minimum atomic E-state index is 0.255. The number of nitrogens with zero attached hydrogens (tertiary/aromatic N) is 4. The molecule has 1 atom stereocenters. The van der Waals surface area contributed by atoms with Crippen molar-refractivity contribution < 1.29 is 0 Å². The zero-order chi connectivity index (χ0) is 22.1. The summed E-state index contributed by atoms with van der Waals surface area (Å²) < 4.78 is 2.01. The topological polar surface area (TPSA) is 67.7 Å². The van der Waals surface area contributed by atoms with E-state index in [1.54, 1.807) is 11.3 Å². The first-order valence-corrected chi connectivity index (χ1v) is 11.6. The second-order valence-corrected chi connectivity index (χ2v) is 8.95. The number of aromatic nitrogens is 4. The molecule has 0 radical (unpaired) electrons. The van der Waals surface area contributed by atoms with Gasteiger partial charge in [0.15, 0.2) is 5.82 Å². The highest BCUT2D eigenvalue weighted by Gasteiger charge is 2.17. The van der Waals surface area contributed by atoms with E-state index in [1.807, 2.05) is 25.0 Å². The lowest BCUT2D eigenvalue weighted by Crippen LogP contribution is -2.21. The molecule has 0 saturated carbocycles. The molecule has 0 aliphatic carbocycles. The lowest BCUT2D eigenvalue weighted by atomic mass is 10.0. The van der Waals surface area contributed by atoms with Gasteiger partial charge in [0.25, 0.3) is 0 Å². The van der Waals surface area contributed by atoms with Gasteiger partial charge in [0, 0.05) is 25.7 Å². The van der Waals surface area contributed by atoms with E-state index in [1.165, 1.54) is 11.1 Å².